The molecule has 0 aliphatic carbocycles. The third-order valence-electron chi connectivity index (χ3n) is 4.07. The number of aryl methyl sites for hydroxylation is 1. The zero-order chi connectivity index (χ0) is 17.1. The van der Waals surface area contributed by atoms with E-state index in [1.807, 2.05) is 19.9 Å². The second kappa shape index (κ2) is 6.88. The molecule has 2 heterocycles. The van der Waals surface area contributed by atoms with Crippen molar-refractivity contribution < 1.29 is 13.9 Å². The molecule has 0 saturated heterocycles. The Morgan fingerprint density at radius 1 is 1.29 bits per heavy atom. The lowest BCUT2D eigenvalue weighted by Gasteiger charge is -2.10. The van der Waals surface area contributed by atoms with Gasteiger partial charge in [-0.1, -0.05) is 0 Å². The minimum Gasteiger partial charge on any atom is -0.464 e. The van der Waals surface area contributed by atoms with E-state index in [1.54, 1.807) is 29.1 Å². The van der Waals surface area contributed by atoms with Crippen molar-refractivity contribution >= 4 is 5.69 Å². The molecule has 0 amide bonds. The molecule has 0 saturated carbocycles. The van der Waals surface area contributed by atoms with Gasteiger partial charge in [-0.2, -0.15) is 5.10 Å². The maximum Gasteiger partial charge on any atom is 0.146 e. The third-order valence-corrected chi connectivity index (χ3v) is 4.07. The maximum atomic E-state index is 14.1. The molecular weight excluding hydrogens is 309 g/mol. The number of anilines is 1. The SMILES string of the molecule is Cc1nn(CCO)c(C)c1CNc1cc(-c2ccco2)ccc1F. The van der Waals surface area contributed by atoms with Gasteiger partial charge in [0.25, 0.3) is 0 Å². The van der Waals surface area contributed by atoms with E-state index < -0.39 is 0 Å². The topological polar surface area (TPSA) is 63.2 Å². The van der Waals surface area contributed by atoms with Crippen LogP contribution in [0.4, 0.5) is 10.1 Å². The van der Waals surface area contributed by atoms with Crippen LogP contribution in [0.1, 0.15) is 17.0 Å². The van der Waals surface area contributed by atoms with Gasteiger partial charge in [-0.25, -0.2) is 4.39 Å². The van der Waals surface area contributed by atoms with Gasteiger partial charge in [-0.15, -0.1) is 0 Å². The molecule has 0 atom stereocenters. The van der Waals surface area contributed by atoms with Crippen LogP contribution in [-0.2, 0) is 13.1 Å². The average molecular weight is 329 g/mol. The monoisotopic (exact) mass is 329 g/mol. The summed E-state index contributed by atoms with van der Waals surface area (Å²) in [6.07, 6.45) is 1.59. The van der Waals surface area contributed by atoms with E-state index in [4.69, 9.17) is 9.52 Å². The van der Waals surface area contributed by atoms with Crippen LogP contribution in [0.25, 0.3) is 11.3 Å². The summed E-state index contributed by atoms with van der Waals surface area (Å²) in [4.78, 5) is 0. The summed E-state index contributed by atoms with van der Waals surface area (Å²) in [5.41, 5.74) is 4.07. The molecule has 0 bridgehead atoms. The van der Waals surface area contributed by atoms with E-state index in [1.165, 1.54) is 6.07 Å². The van der Waals surface area contributed by atoms with Crippen molar-refractivity contribution in [2.45, 2.75) is 26.9 Å². The highest BCUT2D eigenvalue weighted by atomic mass is 19.1. The van der Waals surface area contributed by atoms with Gasteiger partial charge in [0.2, 0.25) is 0 Å². The van der Waals surface area contributed by atoms with Crippen LogP contribution in [-0.4, -0.2) is 21.5 Å². The summed E-state index contributed by atoms with van der Waals surface area (Å²) in [5, 5.41) is 16.6. The van der Waals surface area contributed by atoms with Crippen molar-refractivity contribution in [2.24, 2.45) is 0 Å². The molecule has 3 rings (SSSR count). The largest absolute Gasteiger partial charge is 0.464 e. The molecular formula is C18H20FN3O2. The van der Waals surface area contributed by atoms with Crippen molar-refractivity contribution in [3.05, 3.63) is 59.4 Å². The molecule has 3 aromatic rings. The van der Waals surface area contributed by atoms with E-state index in [0.717, 1.165) is 22.5 Å². The Hall–Kier alpha value is -2.60. The fraction of sp³-hybridized carbons (Fsp3) is 0.278. The smallest absolute Gasteiger partial charge is 0.146 e. The number of aliphatic hydroxyl groups excluding tert-OH is 1. The fourth-order valence-corrected chi connectivity index (χ4v) is 2.74. The summed E-state index contributed by atoms with van der Waals surface area (Å²) < 4.78 is 21.2. The first-order valence-electron chi connectivity index (χ1n) is 7.81. The first-order chi connectivity index (χ1) is 11.6. The Kier molecular flexibility index (Phi) is 4.66. The van der Waals surface area contributed by atoms with Gasteiger partial charge < -0.3 is 14.8 Å². The Bertz CT molecular complexity index is 825. The molecule has 0 aliphatic rings. The first kappa shape index (κ1) is 16.3. The molecule has 2 aromatic heterocycles. The second-order valence-electron chi connectivity index (χ2n) is 5.62. The Morgan fingerprint density at radius 3 is 2.83 bits per heavy atom. The molecule has 0 unspecified atom stereocenters. The van der Waals surface area contributed by atoms with Crippen LogP contribution >= 0.6 is 0 Å². The molecule has 1 aromatic carbocycles. The predicted molar refractivity (Wildman–Crippen MR) is 90.2 cm³/mol. The molecule has 0 fully saturated rings. The van der Waals surface area contributed by atoms with E-state index in [9.17, 15) is 4.39 Å². The molecule has 24 heavy (non-hydrogen) atoms. The Balaban J connectivity index is 1.81. The molecule has 0 spiro atoms. The highest BCUT2D eigenvalue weighted by Crippen LogP contribution is 2.26. The van der Waals surface area contributed by atoms with Gasteiger partial charge >= 0.3 is 0 Å². The highest BCUT2D eigenvalue weighted by Gasteiger charge is 2.12. The van der Waals surface area contributed by atoms with E-state index in [0.29, 0.717) is 24.5 Å². The third kappa shape index (κ3) is 3.19. The van der Waals surface area contributed by atoms with Crippen molar-refractivity contribution in [3.63, 3.8) is 0 Å². The summed E-state index contributed by atoms with van der Waals surface area (Å²) >= 11 is 0. The lowest BCUT2D eigenvalue weighted by Crippen LogP contribution is -2.07. The van der Waals surface area contributed by atoms with Crippen LogP contribution in [0, 0.1) is 19.7 Å². The number of halogens is 1. The van der Waals surface area contributed by atoms with Crippen LogP contribution < -0.4 is 5.32 Å². The number of hydrogen-bond donors (Lipinski definition) is 2. The number of aromatic nitrogens is 2. The second-order valence-corrected chi connectivity index (χ2v) is 5.62. The molecule has 0 radical (unpaired) electrons. The zero-order valence-electron chi connectivity index (χ0n) is 13.7. The van der Waals surface area contributed by atoms with Gasteiger partial charge in [0.05, 0.1) is 30.8 Å². The molecule has 126 valence electrons. The quantitative estimate of drug-likeness (QED) is 0.726. The van der Waals surface area contributed by atoms with E-state index >= 15 is 0 Å². The van der Waals surface area contributed by atoms with Gasteiger partial charge in [0, 0.05) is 23.4 Å². The lowest BCUT2D eigenvalue weighted by molar-refractivity contribution is 0.268. The van der Waals surface area contributed by atoms with Crippen LogP contribution in [0.15, 0.2) is 41.0 Å². The van der Waals surface area contributed by atoms with Gasteiger partial charge in [0.15, 0.2) is 0 Å². The Morgan fingerprint density at radius 2 is 2.12 bits per heavy atom. The van der Waals surface area contributed by atoms with Gasteiger partial charge in [0.1, 0.15) is 11.6 Å². The van der Waals surface area contributed by atoms with Crippen molar-refractivity contribution in [1.82, 2.24) is 9.78 Å². The van der Waals surface area contributed by atoms with Crippen molar-refractivity contribution in [2.75, 3.05) is 11.9 Å². The summed E-state index contributed by atoms with van der Waals surface area (Å²) in [7, 11) is 0. The van der Waals surface area contributed by atoms with Crippen LogP contribution in [0.3, 0.4) is 0 Å². The van der Waals surface area contributed by atoms with E-state index in [-0.39, 0.29) is 12.4 Å². The lowest BCUT2D eigenvalue weighted by atomic mass is 10.1. The number of aliphatic hydroxyl groups is 1. The minimum atomic E-state index is -0.316. The molecule has 2 N–H and O–H groups in total. The molecule has 0 aliphatic heterocycles. The summed E-state index contributed by atoms with van der Waals surface area (Å²) in [6.45, 7) is 4.81. The first-order valence-corrected chi connectivity index (χ1v) is 7.81. The average Bonchev–Trinajstić information content (AvgIpc) is 3.18. The molecule has 6 heteroatoms. The maximum absolute atomic E-state index is 14.1. The predicted octanol–water partition coefficient (Wildman–Crippen LogP) is 3.50. The standard InChI is InChI=1S/C18H20FN3O2/c1-12-15(13(2)22(21-12)7-8-23)11-20-17-10-14(5-6-16(17)19)18-4-3-9-24-18/h3-6,9-10,20,23H,7-8,11H2,1-2H3. The summed E-state index contributed by atoms with van der Waals surface area (Å²) in [6, 6.07) is 8.49. The van der Waals surface area contributed by atoms with Crippen LogP contribution in [0.2, 0.25) is 0 Å². The molecule has 5 nitrogen and oxygen atoms in total. The van der Waals surface area contributed by atoms with E-state index in [2.05, 4.69) is 10.4 Å². The van der Waals surface area contributed by atoms with Gasteiger partial charge in [-0.3, -0.25) is 4.68 Å². The van der Waals surface area contributed by atoms with Gasteiger partial charge in [-0.05, 0) is 44.2 Å². The minimum absolute atomic E-state index is 0.0364. The zero-order valence-corrected chi connectivity index (χ0v) is 13.7. The van der Waals surface area contributed by atoms with Crippen LogP contribution in [0.5, 0.6) is 0 Å². The van der Waals surface area contributed by atoms with Crippen molar-refractivity contribution in [1.29, 1.82) is 0 Å². The normalized spacial score (nSPS) is 11.0. The number of nitrogens with zero attached hydrogens (tertiary/aromatic N) is 2. The number of nitrogens with one attached hydrogen (secondary N) is 1. The number of furan rings is 1. The fourth-order valence-electron chi connectivity index (χ4n) is 2.74. The number of rotatable bonds is 6. The Labute approximate surface area is 139 Å². The summed E-state index contributed by atoms with van der Waals surface area (Å²) in [5.74, 6) is 0.379. The van der Waals surface area contributed by atoms with Crippen molar-refractivity contribution in [3.8, 4) is 11.3 Å². The number of hydrogen-bond acceptors (Lipinski definition) is 4. The highest BCUT2D eigenvalue weighted by molar-refractivity contribution is 5.64. The number of benzene rings is 1.